The van der Waals surface area contributed by atoms with E-state index in [1.54, 1.807) is 0 Å². The Hall–Kier alpha value is -0.810. The van der Waals surface area contributed by atoms with E-state index in [1.807, 2.05) is 6.92 Å². The number of hydrogen-bond donors (Lipinski definition) is 2. The van der Waals surface area contributed by atoms with Gasteiger partial charge >= 0.3 is 0 Å². The predicted molar refractivity (Wildman–Crippen MR) is 50.7 cm³/mol. The molecule has 76 valence electrons. The molecule has 0 aromatic carbocycles. The first-order chi connectivity index (χ1) is 6.33. The smallest absolute Gasteiger partial charge is 0.188 e. The van der Waals surface area contributed by atoms with Gasteiger partial charge in [-0.05, 0) is 6.92 Å². The maximum Gasteiger partial charge on any atom is 0.188 e. The SMILES string of the molecule is CCN=C(N)NC1COCCOC1. The Morgan fingerprint density at radius 2 is 2.08 bits per heavy atom. The molecule has 0 spiro atoms. The van der Waals surface area contributed by atoms with Crippen LogP contribution in [0.5, 0.6) is 0 Å². The van der Waals surface area contributed by atoms with Gasteiger partial charge in [-0.3, -0.25) is 4.99 Å². The minimum atomic E-state index is 0.123. The van der Waals surface area contributed by atoms with Crippen molar-refractivity contribution in [3.05, 3.63) is 0 Å². The molecule has 1 aliphatic heterocycles. The van der Waals surface area contributed by atoms with Crippen molar-refractivity contribution in [2.45, 2.75) is 13.0 Å². The molecule has 3 N–H and O–H groups in total. The van der Waals surface area contributed by atoms with Gasteiger partial charge in [-0.1, -0.05) is 0 Å². The molecule has 0 bridgehead atoms. The van der Waals surface area contributed by atoms with Gasteiger partial charge in [0.1, 0.15) is 0 Å². The van der Waals surface area contributed by atoms with Crippen LogP contribution in [0.15, 0.2) is 4.99 Å². The van der Waals surface area contributed by atoms with Crippen molar-refractivity contribution in [3.8, 4) is 0 Å². The fraction of sp³-hybridized carbons (Fsp3) is 0.875. The van der Waals surface area contributed by atoms with Crippen molar-refractivity contribution >= 4 is 5.96 Å². The van der Waals surface area contributed by atoms with Crippen molar-refractivity contribution in [1.82, 2.24) is 5.32 Å². The molecule has 0 aromatic rings. The molecule has 0 saturated carbocycles. The number of rotatable bonds is 2. The molecule has 13 heavy (non-hydrogen) atoms. The van der Waals surface area contributed by atoms with Gasteiger partial charge in [0.25, 0.3) is 0 Å². The molecule has 1 fully saturated rings. The highest BCUT2D eigenvalue weighted by Crippen LogP contribution is 1.94. The Kier molecular flexibility index (Phi) is 4.56. The lowest BCUT2D eigenvalue weighted by atomic mass is 10.3. The molecular weight excluding hydrogens is 170 g/mol. The molecule has 1 rings (SSSR count). The third-order valence-electron chi connectivity index (χ3n) is 1.69. The van der Waals surface area contributed by atoms with Gasteiger partial charge in [-0.15, -0.1) is 0 Å². The molecular formula is C8H17N3O2. The Labute approximate surface area is 78.3 Å². The number of guanidine groups is 1. The molecule has 0 atom stereocenters. The second-order valence-electron chi connectivity index (χ2n) is 2.85. The van der Waals surface area contributed by atoms with E-state index in [4.69, 9.17) is 15.2 Å². The second-order valence-corrected chi connectivity index (χ2v) is 2.85. The summed E-state index contributed by atoms with van der Waals surface area (Å²) < 4.78 is 10.6. The van der Waals surface area contributed by atoms with Crippen LogP contribution in [0.25, 0.3) is 0 Å². The molecule has 0 amide bonds. The Morgan fingerprint density at radius 3 is 2.62 bits per heavy atom. The Morgan fingerprint density at radius 1 is 1.46 bits per heavy atom. The number of aliphatic imine (C=N–C) groups is 1. The maximum absolute atomic E-state index is 5.59. The van der Waals surface area contributed by atoms with Crippen LogP contribution in [0.1, 0.15) is 6.92 Å². The van der Waals surface area contributed by atoms with Crippen LogP contribution in [0.2, 0.25) is 0 Å². The van der Waals surface area contributed by atoms with Crippen LogP contribution in [0.3, 0.4) is 0 Å². The van der Waals surface area contributed by atoms with Crippen molar-refractivity contribution in [1.29, 1.82) is 0 Å². The second kappa shape index (κ2) is 5.77. The first kappa shape index (κ1) is 10.3. The van der Waals surface area contributed by atoms with Gasteiger partial charge in [0.05, 0.1) is 32.5 Å². The summed E-state index contributed by atoms with van der Waals surface area (Å²) >= 11 is 0. The van der Waals surface area contributed by atoms with Crippen LogP contribution in [0, 0.1) is 0 Å². The molecule has 5 heteroatoms. The summed E-state index contributed by atoms with van der Waals surface area (Å²) in [6.07, 6.45) is 0. The molecule has 0 aromatic heterocycles. The zero-order valence-electron chi connectivity index (χ0n) is 7.95. The molecule has 1 saturated heterocycles. The van der Waals surface area contributed by atoms with E-state index < -0.39 is 0 Å². The highest BCUT2D eigenvalue weighted by Gasteiger charge is 2.12. The number of ether oxygens (including phenoxy) is 2. The van der Waals surface area contributed by atoms with Gasteiger partial charge in [-0.2, -0.15) is 0 Å². The minimum absolute atomic E-state index is 0.123. The highest BCUT2D eigenvalue weighted by atomic mass is 16.5. The average molecular weight is 187 g/mol. The predicted octanol–water partition coefficient (Wildman–Crippen LogP) is -0.674. The summed E-state index contributed by atoms with van der Waals surface area (Å²) in [6, 6.07) is 0.123. The van der Waals surface area contributed by atoms with E-state index in [0.29, 0.717) is 38.9 Å². The fourth-order valence-corrected chi connectivity index (χ4v) is 1.13. The van der Waals surface area contributed by atoms with E-state index in [1.165, 1.54) is 0 Å². The van der Waals surface area contributed by atoms with Crippen molar-refractivity contribution < 1.29 is 9.47 Å². The average Bonchev–Trinajstić information content (AvgIpc) is 2.33. The molecule has 1 aliphatic rings. The lowest BCUT2D eigenvalue weighted by molar-refractivity contribution is 0.103. The molecule has 1 heterocycles. The van der Waals surface area contributed by atoms with Gasteiger partial charge < -0.3 is 20.5 Å². The van der Waals surface area contributed by atoms with Gasteiger partial charge in [0, 0.05) is 6.54 Å². The fourth-order valence-electron chi connectivity index (χ4n) is 1.13. The van der Waals surface area contributed by atoms with Crippen LogP contribution < -0.4 is 11.1 Å². The molecule has 0 aliphatic carbocycles. The largest absolute Gasteiger partial charge is 0.377 e. The van der Waals surface area contributed by atoms with Crippen molar-refractivity contribution in [2.75, 3.05) is 33.0 Å². The number of nitrogens with two attached hydrogens (primary N) is 1. The van der Waals surface area contributed by atoms with E-state index in [-0.39, 0.29) is 6.04 Å². The quantitative estimate of drug-likeness (QED) is 0.444. The topological polar surface area (TPSA) is 68.9 Å². The standard InChI is InChI=1S/C8H17N3O2/c1-2-10-8(9)11-7-5-12-3-4-13-6-7/h7H,2-6H2,1H3,(H3,9,10,11). The van der Waals surface area contributed by atoms with Gasteiger partial charge in [-0.25, -0.2) is 0 Å². The first-order valence-electron chi connectivity index (χ1n) is 4.55. The lowest BCUT2D eigenvalue weighted by Crippen LogP contribution is -2.44. The zero-order chi connectivity index (χ0) is 9.52. The normalized spacial score (nSPS) is 21.2. The summed E-state index contributed by atoms with van der Waals surface area (Å²) in [7, 11) is 0. The lowest BCUT2D eigenvalue weighted by Gasteiger charge is -2.15. The molecule has 0 radical (unpaired) electrons. The number of nitrogens with zero attached hydrogens (tertiary/aromatic N) is 1. The maximum atomic E-state index is 5.59. The number of nitrogens with one attached hydrogen (secondary N) is 1. The summed E-state index contributed by atoms with van der Waals surface area (Å²) in [6.45, 7) is 5.19. The van der Waals surface area contributed by atoms with E-state index >= 15 is 0 Å². The van der Waals surface area contributed by atoms with Crippen molar-refractivity contribution in [3.63, 3.8) is 0 Å². The highest BCUT2D eigenvalue weighted by molar-refractivity contribution is 5.78. The summed E-state index contributed by atoms with van der Waals surface area (Å²) in [5.74, 6) is 0.460. The Bertz CT molecular complexity index is 165. The Balaban J connectivity index is 2.29. The zero-order valence-corrected chi connectivity index (χ0v) is 7.95. The van der Waals surface area contributed by atoms with E-state index in [0.717, 1.165) is 0 Å². The first-order valence-corrected chi connectivity index (χ1v) is 4.55. The monoisotopic (exact) mass is 187 g/mol. The summed E-state index contributed by atoms with van der Waals surface area (Å²) in [5, 5.41) is 3.04. The summed E-state index contributed by atoms with van der Waals surface area (Å²) in [5.41, 5.74) is 5.59. The molecule has 0 unspecified atom stereocenters. The third-order valence-corrected chi connectivity index (χ3v) is 1.69. The number of hydrogen-bond acceptors (Lipinski definition) is 3. The minimum Gasteiger partial charge on any atom is -0.377 e. The van der Waals surface area contributed by atoms with Crippen LogP contribution >= 0.6 is 0 Å². The van der Waals surface area contributed by atoms with Crippen LogP contribution in [-0.4, -0.2) is 45.0 Å². The van der Waals surface area contributed by atoms with Gasteiger partial charge in [0.2, 0.25) is 0 Å². The third kappa shape index (κ3) is 4.10. The van der Waals surface area contributed by atoms with E-state index in [9.17, 15) is 0 Å². The van der Waals surface area contributed by atoms with Crippen molar-refractivity contribution in [2.24, 2.45) is 10.7 Å². The van der Waals surface area contributed by atoms with Crippen LogP contribution in [0.4, 0.5) is 0 Å². The van der Waals surface area contributed by atoms with Gasteiger partial charge in [0.15, 0.2) is 5.96 Å². The van der Waals surface area contributed by atoms with E-state index in [2.05, 4.69) is 10.3 Å². The molecule has 5 nitrogen and oxygen atoms in total. The summed E-state index contributed by atoms with van der Waals surface area (Å²) in [4.78, 5) is 4.02. The van der Waals surface area contributed by atoms with Crippen LogP contribution in [-0.2, 0) is 9.47 Å².